The van der Waals surface area contributed by atoms with E-state index in [1.54, 1.807) is 122 Å². The summed E-state index contributed by atoms with van der Waals surface area (Å²) in [5.41, 5.74) is 0. The molecule has 0 aromatic heterocycles. The van der Waals surface area contributed by atoms with Crippen molar-refractivity contribution in [2.24, 2.45) is 71.0 Å². The number of hydrogen-bond donors (Lipinski definition) is 0. The summed E-state index contributed by atoms with van der Waals surface area (Å²) >= 11 is 0. The molecule has 0 heterocycles. The summed E-state index contributed by atoms with van der Waals surface area (Å²) in [6.45, 7) is 5.36. The van der Waals surface area contributed by atoms with Crippen molar-refractivity contribution in [3.8, 4) is 0 Å². The van der Waals surface area contributed by atoms with Gasteiger partial charge in [0, 0.05) is 0 Å². The second-order valence-corrected chi connectivity index (χ2v) is 15.9. The number of hydrogen-bond acceptors (Lipinski definition) is 0. The second kappa shape index (κ2) is 11.7. The highest BCUT2D eigenvalue weighted by atomic mass is 14.6. The fraction of sp³-hybridized carbons (Fsp3) is 1.00. The Morgan fingerprint density at radius 3 is 1.47 bits per heavy atom. The Kier molecular flexibility index (Phi) is 8.52. The molecule has 0 aromatic rings. The Labute approximate surface area is 226 Å². The monoisotopic (exact) mass is 492 g/mol. The zero-order valence-corrected chi connectivity index (χ0v) is 24.6. The fourth-order valence-electron chi connectivity index (χ4n) is 12.7. The summed E-state index contributed by atoms with van der Waals surface area (Å²) in [6, 6.07) is 0. The van der Waals surface area contributed by atoms with Gasteiger partial charge in [-0.3, -0.25) is 0 Å². The summed E-state index contributed by atoms with van der Waals surface area (Å²) < 4.78 is 0. The molecule has 6 saturated carbocycles. The lowest BCUT2D eigenvalue weighted by Crippen LogP contribution is -2.55. The van der Waals surface area contributed by atoms with Gasteiger partial charge in [0.15, 0.2) is 0 Å². The van der Waals surface area contributed by atoms with Crippen LogP contribution < -0.4 is 0 Å². The molecule has 0 N–H and O–H groups in total. The molecule has 0 saturated heterocycles. The minimum absolute atomic E-state index is 0.881. The van der Waals surface area contributed by atoms with Gasteiger partial charge in [-0.05, 0) is 110 Å². The first-order chi connectivity index (χ1) is 17.6. The van der Waals surface area contributed by atoms with Crippen molar-refractivity contribution in [1.82, 2.24) is 0 Å². The van der Waals surface area contributed by atoms with Crippen LogP contribution in [0, 0.1) is 71.0 Å². The highest BCUT2D eigenvalue weighted by Crippen LogP contribution is 2.63. The van der Waals surface area contributed by atoms with Crippen LogP contribution in [0.1, 0.15) is 142 Å². The van der Waals surface area contributed by atoms with E-state index in [9.17, 15) is 0 Å². The molecule has 0 radical (unpaired) electrons. The molecular weight excluding hydrogens is 431 g/mol. The van der Waals surface area contributed by atoms with E-state index >= 15 is 0 Å². The summed E-state index contributed by atoms with van der Waals surface area (Å²) in [4.78, 5) is 0. The van der Waals surface area contributed by atoms with Gasteiger partial charge in [0.1, 0.15) is 7.85 Å². The van der Waals surface area contributed by atoms with E-state index in [4.69, 9.17) is 0 Å². The largest absolute Gasteiger partial charge is 0.105 e. The summed E-state index contributed by atoms with van der Waals surface area (Å²) in [5, 5.41) is 0. The van der Waals surface area contributed by atoms with Crippen molar-refractivity contribution >= 4 is 7.85 Å². The topological polar surface area (TPSA) is 0 Å². The normalized spacial score (nSPS) is 50.4. The molecule has 1 heteroatoms. The van der Waals surface area contributed by atoms with E-state index in [1.807, 2.05) is 0 Å². The van der Waals surface area contributed by atoms with Gasteiger partial charge in [-0.2, -0.15) is 0 Å². The molecule has 0 bridgehead atoms. The Balaban J connectivity index is 1.34. The molecule has 0 aromatic carbocycles. The van der Waals surface area contributed by atoms with E-state index in [1.165, 1.54) is 6.42 Å². The van der Waals surface area contributed by atoms with Crippen LogP contribution in [0.3, 0.4) is 0 Å². The molecule has 6 fully saturated rings. The van der Waals surface area contributed by atoms with Gasteiger partial charge in [-0.15, -0.1) is 0 Å². The number of rotatable bonds is 5. The molecular formula is C35H61B. The van der Waals surface area contributed by atoms with Crippen molar-refractivity contribution in [3.63, 3.8) is 0 Å². The van der Waals surface area contributed by atoms with Crippen molar-refractivity contribution < 1.29 is 0 Å². The average molecular weight is 493 g/mol. The SMILES string of the molecule is BC(C)CC[C@@H]1C(C)C(C2CCCC3CCCCC32)C2CCCCC2C1C1CCCC2CCCCC21. The summed E-state index contributed by atoms with van der Waals surface area (Å²) in [6.07, 6.45) is 31.5. The zero-order valence-electron chi connectivity index (χ0n) is 24.6. The van der Waals surface area contributed by atoms with E-state index in [0.29, 0.717) is 0 Å². The molecule has 6 aliphatic carbocycles. The molecule has 0 amide bonds. The molecule has 6 aliphatic rings. The molecule has 6 rings (SSSR count). The highest BCUT2D eigenvalue weighted by Gasteiger charge is 2.56. The van der Waals surface area contributed by atoms with Crippen molar-refractivity contribution in [3.05, 3.63) is 0 Å². The van der Waals surface area contributed by atoms with Crippen LogP contribution in [0.15, 0.2) is 0 Å². The minimum atomic E-state index is 0.881. The van der Waals surface area contributed by atoms with Crippen LogP contribution >= 0.6 is 0 Å². The van der Waals surface area contributed by atoms with Gasteiger partial charge < -0.3 is 0 Å². The summed E-state index contributed by atoms with van der Waals surface area (Å²) in [5.74, 6) is 14.0. The lowest BCUT2D eigenvalue weighted by atomic mass is 9.44. The Morgan fingerprint density at radius 1 is 0.528 bits per heavy atom. The molecule has 36 heavy (non-hydrogen) atoms. The maximum Gasteiger partial charge on any atom is 0.105 e. The number of fused-ring (bicyclic) bond motifs is 3. The lowest BCUT2D eigenvalue weighted by Gasteiger charge is -2.61. The first-order valence-electron chi connectivity index (χ1n) is 17.6. The minimum Gasteiger partial charge on any atom is -0.0725 e. The van der Waals surface area contributed by atoms with Gasteiger partial charge in [0.25, 0.3) is 0 Å². The molecule has 0 nitrogen and oxygen atoms in total. The van der Waals surface area contributed by atoms with Gasteiger partial charge in [0.2, 0.25) is 0 Å². The first kappa shape index (κ1) is 26.3. The Morgan fingerprint density at radius 2 is 0.917 bits per heavy atom. The van der Waals surface area contributed by atoms with Gasteiger partial charge >= 0.3 is 0 Å². The van der Waals surface area contributed by atoms with Crippen molar-refractivity contribution in [1.29, 1.82) is 0 Å². The summed E-state index contributed by atoms with van der Waals surface area (Å²) in [7, 11) is 2.51. The molecule has 0 aliphatic heterocycles. The first-order valence-corrected chi connectivity index (χ1v) is 17.6. The van der Waals surface area contributed by atoms with E-state index in [2.05, 4.69) is 21.7 Å². The van der Waals surface area contributed by atoms with Crippen LogP contribution in [0.25, 0.3) is 0 Å². The van der Waals surface area contributed by atoms with Gasteiger partial charge in [-0.1, -0.05) is 110 Å². The maximum absolute atomic E-state index is 2.85. The third kappa shape index (κ3) is 5.03. The van der Waals surface area contributed by atoms with E-state index < -0.39 is 0 Å². The Bertz CT molecular complexity index is 695. The highest BCUT2D eigenvalue weighted by molar-refractivity contribution is 6.11. The van der Waals surface area contributed by atoms with E-state index in [0.717, 1.165) is 76.8 Å². The average Bonchev–Trinajstić information content (AvgIpc) is 2.91. The quantitative estimate of drug-likeness (QED) is 0.335. The van der Waals surface area contributed by atoms with E-state index in [-0.39, 0.29) is 0 Å². The third-order valence-electron chi connectivity index (χ3n) is 14.0. The smallest absolute Gasteiger partial charge is 0.0725 e. The Hall–Kier alpha value is 0.0649. The predicted octanol–water partition coefficient (Wildman–Crippen LogP) is 9.73. The third-order valence-corrected chi connectivity index (χ3v) is 14.0. The molecule has 0 spiro atoms. The predicted molar refractivity (Wildman–Crippen MR) is 158 cm³/mol. The standard InChI is InChI=1S/C35H61B/c1-23(36)21-22-27-24(2)34(30-19-9-13-25-11-3-5-15-28(25)30)32-17-7-8-18-33(32)35(27)31-20-10-14-26-12-4-6-16-29(26)31/h23-35H,3-22,36H2,1-2H3/t23?,24?,25?,26?,27-,28?,29?,30?,31?,32?,33?,34?,35?/m1/s1. The van der Waals surface area contributed by atoms with Crippen molar-refractivity contribution in [2.75, 3.05) is 0 Å². The van der Waals surface area contributed by atoms with Gasteiger partial charge in [0.05, 0.1) is 0 Å². The molecule has 12 unspecified atom stereocenters. The van der Waals surface area contributed by atoms with Crippen LogP contribution in [0.4, 0.5) is 0 Å². The van der Waals surface area contributed by atoms with Crippen LogP contribution in [0.2, 0.25) is 5.82 Å². The zero-order chi connectivity index (χ0) is 24.6. The van der Waals surface area contributed by atoms with Crippen LogP contribution in [-0.2, 0) is 0 Å². The second-order valence-electron chi connectivity index (χ2n) is 15.9. The molecule has 204 valence electrons. The van der Waals surface area contributed by atoms with Crippen LogP contribution in [0.5, 0.6) is 0 Å². The maximum atomic E-state index is 2.85. The molecule has 13 atom stereocenters. The van der Waals surface area contributed by atoms with Gasteiger partial charge in [-0.25, -0.2) is 0 Å². The van der Waals surface area contributed by atoms with Crippen LogP contribution in [-0.4, -0.2) is 7.85 Å². The van der Waals surface area contributed by atoms with Crippen molar-refractivity contribution in [2.45, 2.75) is 148 Å². The lowest BCUT2D eigenvalue weighted by molar-refractivity contribution is -0.126. The fourth-order valence-corrected chi connectivity index (χ4v) is 12.7.